The number of hydrogen-bond acceptors (Lipinski definition) is 17. The summed E-state index contributed by atoms with van der Waals surface area (Å²) in [5.74, 6) is -6.09. The van der Waals surface area contributed by atoms with E-state index in [9.17, 15) is 65.8 Å². The molecular weight excluding hydrogens is 588 g/mol. The standard InChI is InChI=1S/C25H42O18/c1-8(29)3-12-16(33)18(35)21(14(7-28)39-12)41-23-19(36)22(17(34)13(6-27)40-23)43-25(24(37)38)4-10(30)9(2)20(42-25)15(32)11(31)5-26/h9-23,26-28,30-36H,3-7H2,1-2H3,(H,37,38)/t9-,10-,11-,12+,13?,14?,15-,16?,17+,18?,19?,20?,21-,22+,23+,25+/m1/s1. The molecule has 0 spiro atoms. The Hall–Kier alpha value is -1.46. The number of carbonyl (C=O) groups excluding carboxylic acids is 1. The van der Waals surface area contributed by atoms with Crippen molar-refractivity contribution in [3.05, 3.63) is 0 Å². The average molecular weight is 631 g/mol. The number of ether oxygens (including phenoxy) is 5. The van der Waals surface area contributed by atoms with Crippen LogP contribution in [0.15, 0.2) is 0 Å². The minimum Gasteiger partial charge on any atom is -0.477 e. The number of carboxylic acid groups (broad SMARTS) is 1. The van der Waals surface area contributed by atoms with E-state index in [1.165, 1.54) is 13.8 Å². The van der Waals surface area contributed by atoms with Crippen LogP contribution >= 0.6 is 0 Å². The highest BCUT2D eigenvalue weighted by atomic mass is 16.8. The molecule has 18 nitrogen and oxygen atoms in total. The van der Waals surface area contributed by atoms with E-state index in [2.05, 4.69) is 0 Å². The summed E-state index contributed by atoms with van der Waals surface area (Å²) in [7, 11) is 0. The number of aliphatic hydroxyl groups is 10. The first-order valence-corrected chi connectivity index (χ1v) is 13.8. The number of carboxylic acids is 1. The van der Waals surface area contributed by atoms with Gasteiger partial charge in [-0.05, 0) is 6.92 Å². The lowest BCUT2D eigenvalue weighted by Gasteiger charge is -2.50. The van der Waals surface area contributed by atoms with Gasteiger partial charge in [-0.1, -0.05) is 6.92 Å². The summed E-state index contributed by atoms with van der Waals surface area (Å²) in [4.78, 5) is 24.0. The van der Waals surface area contributed by atoms with Gasteiger partial charge in [0, 0.05) is 18.8 Å². The number of aliphatic carboxylic acids is 1. The van der Waals surface area contributed by atoms with E-state index in [1.54, 1.807) is 0 Å². The number of hydrogen-bond donors (Lipinski definition) is 11. The number of ketones is 1. The van der Waals surface area contributed by atoms with Gasteiger partial charge in [-0.2, -0.15) is 0 Å². The number of aliphatic hydroxyl groups excluding tert-OH is 10. The Balaban J connectivity index is 1.89. The maximum atomic E-state index is 12.5. The quantitative estimate of drug-likeness (QED) is 0.0956. The van der Waals surface area contributed by atoms with E-state index in [1.807, 2.05) is 0 Å². The van der Waals surface area contributed by atoms with Gasteiger partial charge in [0.2, 0.25) is 0 Å². The molecule has 0 saturated carbocycles. The zero-order chi connectivity index (χ0) is 32.4. The van der Waals surface area contributed by atoms with Crippen molar-refractivity contribution in [3.63, 3.8) is 0 Å². The van der Waals surface area contributed by atoms with Crippen LogP contribution in [-0.2, 0) is 33.3 Å². The van der Waals surface area contributed by atoms with E-state index < -0.39 is 130 Å². The Bertz CT molecular complexity index is 936. The molecule has 3 fully saturated rings. The number of rotatable bonds is 12. The van der Waals surface area contributed by atoms with Gasteiger partial charge >= 0.3 is 5.97 Å². The Morgan fingerprint density at radius 3 is 2.05 bits per heavy atom. The molecule has 6 unspecified atom stereocenters. The van der Waals surface area contributed by atoms with Gasteiger partial charge in [-0.3, -0.25) is 4.79 Å². The van der Waals surface area contributed by atoms with E-state index in [0.29, 0.717) is 0 Å². The molecular formula is C25H42O18. The molecule has 0 aromatic rings. The van der Waals surface area contributed by atoms with Crippen molar-refractivity contribution in [2.24, 2.45) is 5.92 Å². The largest absolute Gasteiger partial charge is 0.477 e. The van der Waals surface area contributed by atoms with Crippen LogP contribution in [0, 0.1) is 5.92 Å². The zero-order valence-electron chi connectivity index (χ0n) is 23.5. The number of Topliss-reactive ketones (excluding diaryl/α,β-unsaturated/α-hetero) is 1. The lowest BCUT2D eigenvalue weighted by molar-refractivity contribution is -0.383. The second kappa shape index (κ2) is 14.8. The Morgan fingerprint density at radius 2 is 1.51 bits per heavy atom. The van der Waals surface area contributed by atoms with Gasteiger partial charge in [0.1, 0.15) is 66.8 Å². The fraction of sp³-hybridized carbons (Fsp3) is 0.920. The number of carbonyl (C=O) groups is 2. The fourth-order valence-corrected chi connectivity index (χ4v) is 5.49. The Kier molecular flexibility index (Phi) is 12.4. The molecule has 3 heterocycles. The molecule has 3 aliphatic rings. The molecule has 250 valence electrons. The topological polar surface area (TPSA) is 303 Å². The fourth-order valence-electron chi connectivity index (χ4n) is 5.49. The van der Waals surface area contributed by atoms with Crippen LogP contribution in [0.5, 0.6) is 0 Å². The SMILES string of the molecule is CC(=O)C[C@@H]1OC(CO)[C@@H](O[C@@H]2OC(CO)[C@H](O)[C@H](O[C@]3(C(=O)O)C[C@@H](O)[C@@H](C)C([C@H](O)[C@H](O)CO)O3)C2O)C(O)C1O. The third-order valence-corrected chi connectivity index (χ3v) is 8.06. The molecule has 0 aromatic heterocycles. The minimum atomic E-state index is -2.86. The monoisotopic (exact) mass is 630 g/mol. The van der Waals surface area contributed by atoms with Gasteiger partial charge in [0.05, 0.1) is 38.1 Å². The van der Waals surface area contributed by atoms with E-state index in [4.69, 9.17) is 23.7 Å². The zero-order valence-corrected chi connectivity index (χ0v) is 23.5. The summed E-state index contributed by atoms with van der Waals surface area (Å²) in [6.45, 7) is -0.0391. The minimum absolute atomic E-state index is 0.300. The lowest BCUT2D eigenvalue weighted by Crippen LogP contribution is -2.68. The van der Waals surface area contributed by atoms with Gasteiger partial charge in [0.25, 0.3) is 5.79 Å². The average Bonchev–Trinajstić information content (AvgIpc) is 2.96. The molecule has 0 aliphatic carbocycles. The van der Waals surface area contributed by atoms with Crippen LogP contribution in [0.3, 0.4) is 0 Å². The van der Waals surface area contributed by atoms with Crippen molar-refractivity contribution in [3.8, 4) is 0 Å². The molecule has 3 saturated heterocycles. The normalized spacial score (nSPS) is 45.3. The predicted molar refractivity (Wildman–Crippen MR) is 135 cm³/mol. The highest BCUT2D eigenvalue weighted by molar-refractivity contribution is 5.76. The van der Waals surface area contributed by atoms with Gasteiger partial charge in [0.15, 0.2) is 6.29 Å². The first-order chi connectivity index (χ1) is 20.1. The Labute approximate surface area is 245 Å². The van der Waals surface area contributed by atoms with Crippen molar-refractivity contribution < 1.29 is 89.4 Å². The van der Waals surface area contributed by atoms with E-state index in [0.717, 1.165) is 0 Å². The molecule has 0 radical (unpaired) electrons. The highest BCUT2D eigenvalue weighted by Crippen LogP contribution is 2.40. The lowest BCUT2D eigenvalue weighted by atomic mass is 9.84. The summed E-state index contributed by atoms with van der Waals surface area (Å²) in [6.07, 6.45) is -25.2. The van der Waals surface area contributed by atoms with Crippen LogP contribution in [0.2, 0.25) is 0 Å². The summed E-state index contributed by atoms with van der Waals surface area (Å²) >= 11 is 0. The molecule has 18 heteroatoms. The maximum Gasteiger partial charge on any atom is 0.364 e. The van der Waals surface area contributed by atoms with Crippen molar-refractivity contribution in [2.75, 3.05) is 19.8 Å². The first-order valence-electron chi connectivity index (χ1n) is 13.8. The van der Waals surface area contributed by atoms with E-state index in [-0.39, 0.29) is 12.2 Å². The van der Waals surface area contributed by atoms with Crippen molar-refractivity contribution in [1.82, 2.24) is 0 Å². The van der Waals surface area contributed by atoms with Gasteiger partial charge < -0.3 is 79.9 Å². The predicted octanol–water partition coefficient (Wildman–Crippen LogP) is -6.06. The molecule has 43 heavy (non-hydrogen) atoms. The smallest absolute Gasteiger partial charge is 0.364 e. The summed E-state index contributed by atoms with van der Waals surface area (Å²) < 4.78 is 27.7. The van der Waals surface area contributed by atoms with Crippen LogP contribution in [0.25, 0.3) is 0 Å². The maximum absolute atomic E-state index is 12.5. The van der Waals surface area contributed by atoms with Crippen LogP contribution in [-0.4, -0.2) is 179 Å². The summed E-state index contributed by atoms with van der Waals surface area (Å²) in [6, 6.07) is 0. The van der Waals surface area contributed by atoms with Crippen LogP contribution in [0.4, 0.5) is 0 Å². The summed E-state index contributed by atoms with van der Waals surface area (Å²) in [5.41, 5.74) is 0. The van der Waals surface area contributed by atoms with E-state index >= 15 is 0 Å². The van der Waals surface area contributed by atoms with Gasteiger partial charge in [-0.15, -0.1) is 0 Å². The molecule has 0 aromatic carbocycles. The van der Waals surface area contributed by atoms with Crippen molar-refractivity contribution >= 4 is 11.8 Å². The second-order valence-electron chi connectivity index (χ2n) is 11.2. The first kappa shape index (κ1) is 36.0. The molecule has 0 amide bonds. The van der Waals surface area contributed by atoms with Crippen LogP contribution in [0.1, 0.15) is 26.7 Å². The molecule has 0 bridgehead atoms. The molecule has 3 rings (SSSR count). The Morgan fingerprint density at radius 1 is 0.884 bits per heavy atom. The van der Waals surface area contributed by atoms with Crippen molar-refractivity contribution in [2.45, 2.75) is 118 Å². The van der Waals surface area contributed by atoms with Gasteiger partial charge in [-0.25, -0.2) is 4.79 Å². The van der Waals surface area contributed by atoms with Crippen molar-refractivity contribution in [1.29, 1.82) is 0 Å². The van der Waals surface area contributed by atoms with Crippen LogP contribution < -0.4 is 0 Å². The third kappa shape index (κ3) is 7.51. The molecule has 16 atom stereocenters. The molecule has 3 aliphatic heterocycles. The molecule has 11 N–H and O–H groups in total. The highest BCUT2D eigenvalue weighted by Gasteiger charge is 2.59. The third-order valence-electron chi connectivity index (χ3n) is 8.06. The summed E-state index contributed by atoms with van der Waals surface area (Å²) in [5, 5.41) is 113. The second-order valence-corrected chi connectivity index (χ2v) is 11.2.